The van der Waals surface area contributed by atoms with Gasteiger partial charge in [-0.05, 0) is 25.0 Å². The molecule has 1 aliphatic heterocycles. The zero-order chi connectivity index (χ0) is 20.3. The van der Waals surface area contributed by atoms with Gasteiger partial charge in [0.1, 0.15) is 0 Å². The number of carbonyl (C=O) groups excluding carboxylic acids is 2. The number of aromatic nitrogens is 2. The minimum atomic E-state index is -0.405. The third kappa shape index (κ3) is 4.98. The summed E-state index contributed by atoms with van der Waals surface area (Å²) in [4.78, 5) is 30.8. The minimum absolute atomic E-state index is 0.0546. The summed E-state index contributed by atoms with van der Waals surface area (Å²) in [6.07, 6.45) is 1.21. The van der Waals surface area contributed by atoms with Crippen LogP contribution in [0.1, 0.15) is 39.5 Å². The summed E-state index contributed by atoms with van der Waals surface area (Å²) in [5.41, 5.74) is 0.406. The zero-order valence-corrected chi connectivity index (χ0v) is 17.9. The molecule has 0 bridgehead atoms. The van der Waals surface area contributed by atoms with Gasteiger partial charge >= 0.3 is 5.97 Å². The van der Waals surface area contributed by atoms with Crippen LogP contribution < -0.4 is 0 Å². The van der Waals surface area contributed by atoms with E-state index >= 15 is 0 Å². The van der Waals surface area contributed by atoms with Gasteiger partial charge in [-0.25, -0.2) is 0 Å². The van der Waals surface area contributed by atoms with E-state index in [1.807, 2.05) is 49.9 Å². The van der Waals surface area contributed by atoms with Crippen molar-refractivity contribution in [2.75, 3.05) is 13.1 Å². The highest BCUT2D eigenvalue weighted by Gasteiger charge is 2.33. The Bertz CT molecular complexity index is 851. The summed E-state index contributed by atoms with van der Waals surface area (Å²) in [6, 6.07) is 7.55. The van der Waals surface area contributed by atoms with Crippen molar-refractivity contribution in [3.8, 4) is 11.4 Å². The topological polar surface area (TPSA) is 85.5 Å². The second-order valence-electron chi connectivity index (χ2n) is 7.95. The van der Waals surface area contributed by atoms with E-state index in [1.165, 1.54) is 0 Å². The number of esters is 1. The molecule has 0 radical (unpaired) electrons. The number of halogens is 1. The molecule has 2 heterocycles. The van der Waals surface area contributed by atoms with E-state index < -0.39 is 5.41 Å². The van der Waals surface area contributed by atoms with Crippen LogP contribution in [0.4, 0.5) is 0 Å². The number of hydrogen-bond acceptors (Lipinski definition) is 6. The Balaban J connectivity index is 1.50. The highest BCUT2D eigenvalue weighted by atomic mass is 79.9. The molecule has 2 aromatic rings. The Kier molecular flexibility index (Phi) is 6.17. The summed E-state index contributed by atoms with van der Waals surface area (Å²) in [6.45, 7) is 6.81. The first-order valence-corrected chi connectivity index (χ1v) is 10.1. The van der Waals surface area contributed by atoms with Crippen molar-refractivity contribution < 1.29 is 18.8 Å². The van der Waals surface area contributed by atoms with Gasteiger partial charge in [0.25, 0.3) is 5.89 Å². The number of piperidine rings is 1. The molecule has 8 heteroatoms. The summed E-state index contributed by atoms with van der Waals surface area (Å²) in [5, 5.41) is 3.93. The quantitative estimate of drug-likeness (QED) is 0.659. The molecule has 1 fully saturated rings. The van der Waals surface area contributed by atoms with E-state index in [2.05, 4.69) is 26.1 Å². The smallest absolute Gasteiger partial charge is 0.309 e. The first-order valence-electron chi connectivity index (χ1n) is 9.28. The van der Waals surface area contributed by atoms with Crippen LogP contribution in [0.3, 0.4) is 0 Å². The molecular formula is C20H24BrN3O4. The maximum atomic E-state index is 12.3. The Labute approximate surface area is 172 Å². The van der Waals surface area contributed by atoms with E-state index in [4.69, 9.17) is 9.26 Å². The fourth-order valence-electron chi connectivity index (χ4n) is 3.10. The number of carbonyl (C=O) groups is 2. The molecule has 3 rings (SSSR count). The second-order valence-corrected chi connectivity index (χ2v) is 8.86. The zero-order valence-electron chi connectivity index (χ0n) is 16.3. The number of nitrogens with zero attached hydrogens (tertiary/aromatic N) is 3. The Hall–Kier alpha value is -2.22. The van der Waals surface area contributed by atoms with E-state index in [9.17, 15) is 9.59 Å². The molecule has 0 N–H and O–H groups in total. The van der Waals surface area contributed by atoms with Gasteiger partial charge in [0.15, 0.2) is 6.61 Å². The summed E-state index contributed by atoms with van der Waals surface area (Å²) < 4.78 is 11.4. The molecule has 7 nitrogen and oxygen atoms in total. The number of amides is 1. The van der Waals surface area contributed by atoms with Gasteiger partial charge in [-0.2, -0.15) is 4.98 Å². The molecule has 150 valence electrons. The fraction of sp³-hybridized carbons (Fsp3) is 0.500. The molecule has 1 aliphatic rings. The van der Waals surface area contributed by atoms with Crippen molar-refractivity contribution in [2.24, 2.45) is 11.3 Å². The van der Waals surface area contributed by atoms with Crippen LogP contribution in [0.15, 0.2) is 33.3 Å². The van der Waals surface area contributed by atoms with E-state index in [0.29, 0.717) is 31.8 Å². The van der Waals surface area contributed by atoms with Crippen LogP contribution in [0.2, 0.25) is 0 Å². The van der Waals surface area contributed by atoms with Crippen molar-refractivity contribution in [3.05, 3.63) is 34.6 Å². The second kappa shape index (κ2) is 8.43. The maximum absolute atomic E-state index is 12.3. The van der Waals surface area contributed by atoms with Gasteiger partial charge < -0.3 is 14.2 Å². The van der Waals surface area contributed by atoms with E-state index in [-0.39, 0.29) is 30.3 Å². The number of likely N-dealkylation sites (tertiary alicyclic amines) is 1. The highest BCUT2D eigenvalue weighted by Crippen LogP contribution is 2.25. The standard InChI is InChI=1S/C20H24BrN3O4/c1-20(2,3)19(26)24-9-7-13(8-10-24)18(25)27-12-16-22-17(23-28-16)14-5-4-6-15(21)11-14/h4-6,11,13H,7-10,12H2,1-3H3. The molecule has 1 saturated heterocycles. The normalized spacial score (nSPS) is 15.5. The van der Waals surface area contributed by atoms with Crippen LogP contribution in [0.25, 0.3) is 11.4 Å². The molecule has 0 aliphatic carbocycles. The van der Waals surface area contributed by atoms with Gasteiger partial charge in [0, 0.05) is 28.5 Å². The van der Waals surface area contributed by atoms with Crippen LogP contribution in [0, 0.1) is 11.3 Å². The monoisotopic (exact) mass is 449 g/mol. The summed E-state index contributed by atoms with van der Waals surface area (Å²) >= 11 is 3.40. The summed E-state index contributed by atoms with van der Waals surface area (Å²) in [7, 11) is 0. The molecule has 0 atom stereocenters. The first-order chi connectivity index (χ1) is 13.2. The molecular weight excluding hydrogens is 426 g/mol. The summed E-state index contributed by atoms with van der Waals surface area (Å²) in [5.74, 6) is 0.317. The van der Waals surface area contributed by atoms with Gasteiger partial charge in [0.2, 0.25) is 11.7 Å². The Morgan fingerprint density at radius 1 is 1.29 bits per heavy atom. The number of rotatable bonds is 4. The third-order valence-corrected chi connectivity index (χ3v) is 5.14. The van der Waals surface area contributed by atoms with Gasteiger partial charge in [0.05, 0.1) is 5.92 Å². The van der Waals surface area contributed by atoms with Crippen molar-refractivity contribution in [3.63, 3.8) is 0 Å². The van der Waals surface area contributed by atoms with Crippen molar-refractivity contribution in [1.82, 2.24) is 15.0 Å². The number of benzene rings is 1. The van der Waals surface area contributed by atoms with Crippen LogP contribution in [0.5, 0.6) is 0 Å². The number of ether oxygens (including phenoxy) is 1. The van der Waals surface area contributed by atoms with E-state index in [0.717, 1.165) is 10.0 Å². The van der Waals surface area contributed by atoms with Gasteiger partial charge in [-0.15, -0.1) is 0 Å². The largest absolute Gasteiger partial charge is 0.455 e. The average molecular weight is 450 g/mol. The van der Waals surface area contributed by atoms with Crippen LogP contribution in [-0.2, 0) is 20.9 Å². The van der Waals surface area contributed by atoms with Gasteiger partial charge in [-0.3, -0.25) is 9.59 Å². The SMILES string of the molecule is CC(C)(C)C(=O)N1CCC(C(=O)OCc2nc(-c3cccc(Br)c3)no2)CC1. The van der Waals surface area contributed by atoms with Gasteiger partial charge in [-0.1, -0.05) is 54.0 Å². The predicted octanol–water partition coefficient (Wildman–Crippen LogP) is 3.83. The molecule has 1 amide bonds. The predicted molar refractivity (Wildman–Crippen MR) is 106 cm³/mol. The lowest BCUT2D eigenvalue weighted by molar-refractivity contribution is -0.154. The molecule has 28 heavy (non-hydrogen) atoms. The lowest BCUT2D eigenvalue weighted by atomic mass is 9.91. The fourth-order valence-corrected chi connectivity index (χ4v) is 3.50. The minimum Gasteiger partial charge on any atom is -0.455 e. The Morgan fingerprint density at radius 2 is 2.00 bits per heavy atom. The van der Waals surface area contributed by atoms with Crippen molar-refractivity contribution >= 4 is 27.8 Å². The molecule has 1 aromatic heterocycles. The average Bonchev–Trinajstić information content (AvgIpc) is 3.14. The lowest BCUT2D eigenvalue weighted by Gasteiger charge is -2.34. The first kappa shape index (κ1) is 20.5. The number of hydrogen-bond donors (Lipinski definition) is 0. The molecule has 1 aromatic carbocycles. The van der Waals surface area contributed by atoms with E-state index in [1.54, 1.807) is 0 Å². The van der Waals surface area contributed by atoms with Crippen molar-refractivity contribution in [1.29, 1.82) is 0 Å². The lowest BCUT2D eigenvalue weighted by Crippen LogP contribution is -2.45. The third-order valence-electron chi connectivity index (χ3n) is 4.65. The van der Waals surface area contributed by atoms with Crippen LogP contribution in [-0.4, -0.2) is 40.0 Å². The highest BCUT2D eigenvalue weighted by molar-refractivity contribution is 9.10. The molecule has 0 spiro atoms. The van der Waals surface area contributed by atoms with Crippen molar-refractivity contribution in [2.45, 2.75) is 40.2 Å². The maximum Gasteiger partial charge on any atom is 0.309 e. The van der Waals surface area contributed by atoms with Crippen LogP contribution >= 0.6 is 15.9 Å². The molecule has 0 unspecified atom stereocenters. The molecule has 0 saturated carbocycles. The Morgan fingerprint density at radius 3 is 2.64 bits per heavy atom.